The Morgan fingerprint density at radius 2 is 2.17 bits per heavy atom. The van der Waals surface area contributed by atoms with Gasteiger partial charge in [0.2, 0.25) is 0 Å². The van der Waals surface area contributed by atoms with Gasteiger partial charge in [0.1, 0.15) is 0 Å². The van der Waals surface area contributed by atoms with Crippen molar-refractivity contribution in [3.63, 3.8) is 0 Å². The summed E-state index contributed by atoms with van der Waals surface area (Å²) in [4.78, 5) is 0.975. The van der Waals surface area contributed by atoms with Crippen LogP contribution in [0.5, 0.6) is 0 Å². The predicted molar refractivity (Wildman–Crippen MR) is 51.6 cm³/mol. The van der Waals surface area contributed by atoms with Crippen LogP contribution in [0.2, 0.25) is 0 Å². The molecule has 0 unspecified atom stereocenters. The van der Waals surface area contributed by atoms with E-state index in [1.165, 1.54) is 11.3 Å². The fourth-order valence-corrected chi connectivity index (χ4v) is 2.00. The Labute approximate surface area is 97.8 Å². The van der Waals surface area contributed by atoms with E-state index in [9.17, 15) is 8.42 Å². The molecule has 0 bridgehead atoms. The van der Waals surface area contributed by atoms with Crippen LogP contribution in [0.4, 0.5) is 0 Å². The second-order valence-corrected chi connectivity index (χ2v) is 4.72. The molecule has 0 amide bonds. The second kappa shape index (κ2) is 5.36. The molecule has 1 N–H and O–H groups in total. The van der Waals surface area contributed by atoms with E-state index >= 15 is 0 Å². The minimum absolute atomic E-state index is 0. The maximum atomic E-state index is 10.3. The quantitative estimate of drug-likeness (QED) is 0.592. The summed E-state index contributed by atoms with van der Waals surface area (Å²) < 4.78 is 29.0. The second-order valence-electron chi connectivity index (χ2n) is 2.12. The van der Waals surface area contributed by atoms with Crippen molar-refractivity contribution in [2.75, 3.05) is 5.75 Å². The van der Waals surface area contributed by atoms with E-state index in [4.69, 9.17) is 4.55 Å². The van der Waals surface area contributed by atoms with Gasteiger partial charge in [-0.15, -0.1) is 11.3 Å². The van der Waals surface area contributed by atoms with Gasteiger partial charge >= 0.3 is 29.6 Å². The SMILES string of the molecule is O=S(=O)(O)CCc1cccs1.[NaH]. The van der Waals surface area contributed by atoms with Crippen molar-refractivity contribution in [3.8, 4) is 0 Å². The van der Waals surface area contributed by atoms with Gasteiger partial charge < -0.3 is 0 Å². The van der Waals surface area contributed by atoms with Crippen LogP contribution in [0.15, 0.2) is 17.5 Å². The van der Waals surface area contributed by atoms with Crippen LogP contribution in [0.1, 0.15) is 4.88 Å². The van der Waals surface area contributed by atoms with E-state index in [0.29, 0.717) is 6.42 Å². The Morgan fingerprint density at radius 1 is 1.50 bits per heavy atom. The first kappa shape index (κ1) is 12.6. The van der Waals surface area contributed by atoms with Gasteiger partial charge in [-0.1, -0.05) is 6.07 Å². The zero-order valence-electron chi connectivity index (χ0n) is 5.73. The van der Waals surface area contributed by atoms with E-state index in [-0.39, 0.29) is 35.3 Å². The summed E-state index contributed by atoms with van der Waals surface area (Å²) in [6.45, 7) is 0. The number of rotatable bonds is 3. The summed E-state index contributed by atoms with van der Waals surface area (Å²) in [5.74, 6) is -0.187. The van der Waals surface area contributed by atoms with Crippen LogP contribution in [0.25, 0.3) is 0 Å². The average molecular weight is 216 g/mol. The first-order valence-corrected chi connectivity index (χ1v) is 5.54. The normalized spacial score (nSPS) is 10.8. The molecule has 1 heterocycles. The van der Waals surface area contributed by atoms with Crippen LogP contribution < -0.4 is 0 Å². The van der Waals surface area contributed by atoms with Gasteiger partial charge in [0.25, 0.3) is 10.1 Å². The third-order valence-corrected chi connectivity index (χ3v) is 2.84. The topological polar surface area (TPSA) is 54.4 Å². The van der Waals surface area contributed by atoms with E-state index in [1.807, 2.05) is 17.5 Å². The number of aryl methyl sites for hydroxylation is 1. The number of hydrogen-bond acceptors (Lipinski definition) is 3. The fraction of sp³-hybridized carbons (Fsp3) is 0.333. The van der Waals surface area contributed by atoms with E-state index in [1.54, 1.807) is 0 Å². The molecule has 3 nitrogen and oxygen atoms in total. The van der Waals surface area contributed by atoms with Gasteiger partial charge in [-0.2, -0.15) is 8.42 Å². The minimum atomic E-state index is -3.79. The zero-order chi connectivity index (χ0) is 8.32. The number of thiophene rings is 1. The molecule has 0 aliphatic rings. The standard InChI is InChI=1S/C6H8O3S2.Na.H/c7-11(8,9)5-3-6-2-1-4-10-6;;/h1-2,4H,3,5H2,(H,7,8,9);;. The van der Waals surface area contributed by atoms with Gasteiger partial charge in [-0.05, 0) is 17.9 Å². The van der Waals surface area contributed by atoms with Gasteiger partial charge in [-0.3, -0.25) is 4.55 Å². The maximum absolute atomic E-state index is 10.3. The van der Waals surface area contributed by atoms with Gasteiger partial charge in [0, 0.05) is 4.88 Å². The Morgan fingerprint density at radius 3 is 2.58 bits per heavy atom. The van der Waals surface area contributed by atoms with E-state index in [2.05, 4.69) is 0 Å². The van der Waals surface area contributed by atoms with Crippen molar-refractivity contribution in [2.45, 2.75) is 6.42 Å². The Bertz CT molecular complexity index is 304. The Hall–Kier alpha value is 0.610. The monoisotopic (exact) mass is 216 g/mol. The molecule has 0 aromatic carbocycles. The molecule has 1 aromatic heterocycles. The molecule has 12 heavy (non-hydrogen) atoms. The number of hydrogen-bond donors (Lipinski definition) is 1. The summed E-state index contributed by atoms with van der Waals surface area (Å²) >= 11 is 1.49. The summed E-state index contributed by atoms with van der Waals surface area (Å²) in [6.07, 6.45) is 0.399. The van der Waals surface area contributed by atoms with Crippen LogP contribution in [0.3, 0.4) is 0 Å². The average Bonchev–Trinajstić information content (AvgIpc) is 2.32. The van der Waals surface area contributed by atoms with Crippen molar-refractivity contribution in [3.05, 3.63) is 22.4 Å². The van der Waals surface area contributed by atoms with E-state index < -0.39 is 10.1 Å². The van der Waals surface area contributed by atoms with Crippen LogP contribution in [-0.2, 0) is 16.5 Å². The molecule has 0 aliphatic carbocycles. The van der Waals surface area contributed by atoms with Gasteiger partial charge in [0.15, 0.2) is 0 Å². The zero-order valence-corrected chi connectivity index (χ0v) is 7.36. The van der Waals surface area contributed by atoms with Crippen LogP contribution >= 0.6 is 11.3 Å². The molecule has 64 valence electrons. The molecule has 1 rings (SSSR count). The van der Waals surface area contributed by atoms with Crippen molar-refractivity contribution in [2.24, 2.45) is 0 Å². The molecule has 0 spiro atoms. The Kier molecular flexibility index (Phi) is 5.64. The third-order valence-electron chi connectivity index (χ3n) is 1.19. The molecule has 0 saturated heterocycles. The summed E-state index contributed by atoms with van der Waals surface area (Å²) in [5, 5.41) is 1.87. The Balaban J connectivity index is 0.00000121. The molecule has 1 aromatic rings. The molecule has 0 fully saturated rings. The third kappa shape index (κ3) is 5.29. The van der Waals surface area contributed by atoms with Crippen molar-refractivity contribution >= 4 is 51.0 Å². The van der Waals surface area contributed by atoms with Crippen molar-refractivity contribution in [1.82, 2.24) is 0 Å². The molecule has 0 saturated carbocycles. The van der Waals surface area contributed by atoms with Gasteiger partial charge in [0.05, 0.1) is 5.75 Å². The molecular formula is C6H9NaO3S2. The van der Waals surface area contributed by atoms with Crippen LogP contribution in [-0.4, -0.2) is 48.3 Å². The molecule has 0 atom stereocenters. The summed E-state index contributed by atoms with van der Waals surface area (Å²) in [7, 11) is -3.79. The molecule has 0 aliphatic heterocycles. The first-order chi connectivity index (χ1) is 5.08. The van der Waals surface area contributed by atoms with Crippen molar-refractivity contribution in [1.29, 1.82) is 0 Å². The van der Waals surface area contributed by atoms with E-state index in [0.717, 1.165) is 4.88 Å². The predicted octanol–water partition coefficient (Wildman–Crippen LogP) is 0.530. The summed E-state index contributed by atoms with van der Waals surface area (Å²) in [6, 6.07) is 3.69. The summed E-state index contributed by atoms with van der Waals surface area (Å²) in [5.41, 5.74) is 0. The molecule has 0 radical (unpaired) electrons. The van der Waals surface area contributed by atoms with Crippen LogP contribution in [0, 0.1) is 0 Å². The first-order valence-electron chi connectivity index (χ1n) is 3.05. The molecular weight excluding hydrogens is 207 g/mol. The molecule has 6 heteroatoms. The fourth-order valence-electron chi connectivity index (χ4n) is 0.684. The van der Waals surface area contributed by atoms with Crippen molar-refractivity contribution < 1.29 is 13.0 Å². The van der Waals surface area contributed by atoms with Gasteiger partial charge in [-0.25, -0.2) is 0 Å².